The largest absolute Gasteiger partial charge is 0.449 e. The Labute approximate surface area is 168 Å². The molecule has 0 saturated heterocycles. The maximum atomic E-state index is 13.9. The lowest BCUT2D eigenvalue weighted by molar-refractivity contribution is -0.117. The summed E-state index contributed by atoms with van der Waals surface area (Å²) in [5.41, 5.74) is 0.867. The van der Waals surface area contributed by atoms with Gasteiger partial charge in [0.25, 0.3) is 5.91 Å². The molecule has 29 heavy (non-hydrogen) atoms. The van der Waals surface area contributed by atoms with Gasteiger partial charge in [-0.1, -0.05) is 43.5 Å². The van der Waals surface area contributed by atoms with Gasteiger partial charge in [-0.05, 0) is 43.0 Å². The van der Waals surface area contributed by atoms with Gasteiger partial charge in [0, 0.05) is 11.8 Å². The number of rotatable bonds is 5. The Hall–Kier alpha value is -3.15. The third-order valence-corrected chi connectivity index (χ3v) is 5.39. The fourth-order valence-corrected chi connectivity index (χ4v) is 3.92. The van der Waals surface area contributed by atoms with Gasteiger partial charge in [0.15, 0.2) is 0 Å². The molecule has 1 fully saturated rings. The number of hydrogen-bond donors (Lipinski definition) is 2. The summed E-state index contributed by atoms with van der Waals surface area (Å²) in [4.78, 5) is 25.5. The highest BCUT2D eigenvalue weighted by Gasteiger charge is 2.24. The van der Waals surface area contributed by atoms with Gasteiger partial charge in [-0.2, -0.15) is 0 Å². The molecule has 2 N–H and O–H groups in total. The Bertz CT molecular complexity index is 1040. The lowest BCUT2D eigenvalue weighted by atomic mass is 9.87. The summed E-state index contributed by atoms with van der Waals surface area (Å²) in [6, 6.07) is 13.0. The third kappa shape index (κ3) is 4.31. The monoisotopic (exact) mass is 394 g/mol. The molecule has 0 aliphatic heterocycles. The molecule has 3 aromatic rings. The van der Waals surface area contributed by atoms with E-state index in [1.54, 1.807) is 30.3 Å². The number of hydrogen-bond acceptors (Lipinski definition) is 3. The van der Waals surface area contributed by atoms with E-state index < -0.39 is 11.7 Å². The Balaban J connectivity index is 1.59. The summed E-state index contributed by atoms with van der Waals surface area (Å²) in [6.45, 7) is 0. The lowest BCUT2D eigenvalue weighted by Gasteiger charge is -2.20. The SMILES string of the molecule is O=C(CC1CCCCC1)Nc1c(C(=O)Nc2ccccc2F)oc2ccccc12. The zero-order valence-electron chi connectivity index (χ0n) is 16.0. The minimum absolute atomic E-state index is 0.0357. The van der Waals surface area contributed by atoms with Crippen LogP contribution in [-0.2, 0) is 4.79 Å². The molecule has 1 aliphatic carbocycles. The van der Waals surface area contributed by atoms with Gasteiger partial charge in [0.2, 0.25) is 11.7 Å². The predicted molar refractivity (Wildman–Crippen MR) is 110 cm³/mol. The van der Waals surface area contributed by atoms with Crippen LogP contribution in [-0.4, -0.2) is 11.8 Å². The molecule has 150 valence electrons. The molecular weight excluding hydrogens is 371 g/mol. The molecule has 2 amide bonds. The molecule has 0 atom stereocenters. The van der Waals surface area contributed by atoms with E-state index in [2.05, 4.69) is 10.6 Å². The van der Waals surface area contributed by atoms with E-state index >= 15 is 0 Å². The van der Waals surface area contributed by atoms with Gasteiger partial charge in [0.05, 0.1) is 5.69 Å². The number of amides is 2. The van der Waals surface area contributed by atoms with Crippen molar-refractivity contribution in [3.63, 3.8) is 0 Å². The number of fused-ring (bicyclic) bond motifs is 1. The van der Waals surface area contributed by atoms with Crippen molar-refractivity contribution in [2.45, 2.75) is 38.5 Å². The van der Waals surface area contributed by atoms with Crippen LogP contribution in [0.1, 0.15) is 49.1 Å². The van der Waals surface area contributed by atoms with Crippen LogP contribution in [0.3, 0.4) is 0 Å². The summed E-state index contributed by atoms with van der Waals surface area (Å²) in [5.74, 6) is -0.952. The molecule has 0 spiro atoms. The summed E-state index contributed by atoms with van der Waals surface area (Å²) < 4.78 is 19.6. The average molecular weight is 394 g/mol. The van der Waals surface area contributed by atoms with Crippen molar-refractivity contribution in [3.8, 4) is 0 Å². The quantitative estimate of drug-likeness (QED) is 0.580. The van der Waals surface area contributed by atoms with Crippen LogP contribution in [0.25, 0.3) is 11.0 Å². The summed E-state index contributed by atoms with van der Waals surface area (Å²) in [7, 11) is 0. The predicted octanol–water partition coefficient (Wildman–Crippen LogP) is 5.73. The topological polar surface area (TPSA) is 71.3 Å². The number of nitrogens with one attached hydrogen (secondary N) is 2. The highest BCUT2D eigenvalue weighted by Crippen LogP contribution is 2.33. The molecule has 4 rings (SSSR count). The number of furan rings is 1. The molecule has 1 saturated carbocycles. The van der Waals surface area contributed by atoms with Crippen LogP contribution >= 0.6 is 0 Å². The van der Waals surface area contributed by atoms with Crippen LogP contribution in [0.5, 0.6) is 0 Å². The van der Waals surface area contributed by atoms with Crippen molar-refractivity contribution in [2.24, 2.45) is 5.92 Å². The molecular formula is C23H23FN2O3. The van der Waals surface area contributed by atoms with Crippen LogP contribution < -0.4 is 10.6 Å². The standard InChI is InChI=1S/C23H23FN2O3/c24-17-11-5-6-12-18(17)25-23(28)22-21(16-10-4-7-13-19(16)29-22)26-20(27)14-15-8-2-1-3-9-15/h4-7,10-13,15H,1-3,8-9,14H2,(H,25,28)(H,26,27). The van der Waals surface area contributed by atoms with Crippen LogP contribution in [0.15, 0.2) is 52.9 Å². The second kappa shape index (κ2) is 8.47. The van der Waals surface area contributed by atoms with Crippen molar-refractivity contribution < 1.29 is 18.4 Å². The van der Waals surface area contributed by atoms with Gasteiger partial charge >= 0.3 is 0 Å². The fourth-order valence-electron chi connectivity index (χ4n) is 3.92. The smallest absolute Gasteiger partial charge is 0.293 e. The number of carbonyl (C=O) groups excluding carboxylic acids is 2. The highest BCUT2D eigenvalue weighted by molar-refractivity contribution is 6.14. The molecule has 1 aliphatic rings. The Morgan fingerprint density at radius 1 is 0.966 bits per heavy atom. The number of carbonyl (C=O) groups is 2. The molecule has 6 heteroatoms. The van der Waals surface area contributed by atoms with Crippen LogP contribution in [0.2, 0.25) is 0 Å². The minimum atomic E-state index is -0.612. The van der Waals surface area contributed by atoms with Crippen molar-refractivity contribution >= 4 is 34.2 Å². The van der Waals surface area contributed by atoms with E-state index in [1.165, 1.54) is 18.6 Å². The normalized spacial score (nSPS) is 14.7. The van der Waals surface area contributed by atoms with Gasteiger partial charge in [-0.3, -0.25) is 9.59 Å². The molecule has 1 heterocycles. The van der Waals surface area contributed by atoms with E-state index in [4.69, 9.17) is 4.42 Å². The Morgan fingerprint density at radius 2 is 1.69 bits per heavy atom. The maximum Gasteiger partial charge on any atom is 0.293 e. The fraction of sp³-hybridized carbons (Fsp3) is 0.304. The number of halogens is 1. The van der Waals surface area contributed by atoms with E-state index in [1.807, 2.05) is 6.07 Å². The zero-order valence-corrected chi connectivity index (χ0v) is 16.0. The van der Waals surface area contributed by atoms with Gasteiger partial charge in [-0.25, -0.2) is 4.39 Å². The third-order valence-electron chi connectivity index (χ3n) is 5.39. The first kappa shape index (κ1) is 19.2. The molecule has 0 unspecified atom stereocenters. The van der Waals surface area contributed by atoms with E-state index in [0.717, 1.165) is 25.7 Å². The van der Waals surface area contributed by atoms with Gasteiger partial charge in [-0.15, -0.1) is 0 Å². The van der Waals surface area contributed by atoms with E-state index in [9.17, 15) is 14.0 Å². The van der Waals surface area contributed by atoms with Gasteiger partial charge in [0.1, 0.15) is 17.1 Å². The number of para-hydroxylation sites is 2. The minimum Gasteiger partial charge on any atom is -0.449 e. The average Bonchev–Trinajstić information content (AvgIpc) is 3.09. The summed E-state index contributed by atoms with van der Waals surface area (Å²) in [5, 5.41) is 6.04. The van der Waals surface area contributed by atoms with Crippen LogP contribution in [0, 0.1) is 11.7 Å². The second-order valence-electron chi connectivity index (χ2n) is 7.49. The Morgan fingerprint density at radius 3 is 2.48 bits per heavy atom. The first-order valence-electron chi connectivity index (χ1n) is 9.99. The van der Waals surface area contributed by atoms with Crippen molar-refractivity contribution in [3.05, 3.63) is 60.1 Å². The highest BCUT2D eigenvalue weighted by atomic mass is 19.1. The molecule has 2 aromatic carbocycles. The summed E-state index contributed by atoms with van der Waals surface area (Å²) in [6.07, 6.45) is 6.07. The molecule has 1 aromatic heterocycles. The zero-order chi connectivity index (χ0) is 20.2. The van der Waals surface area contributed by atoms with Crippen LogP contribution in [0.4, 0.5) is 15.8 Å². The number of anilines is 2. The first-order chi connectivity index (χ1) is 14.1. The van der Waals surface area contributed by atoms with Crippen molar-refractivity contribution in [1.29, 1.82) is 0 Å². The first-order valence-corrected chi connectivity index (χ1v) is 9.99. The second-order valence-corrected chi connectivity index (χ2v) is 7.49. The molecule has 0 bridgehead atoms. The number of benzene rings is 2. The molecule has 0 radical (unpaired) electrons. The van der Waals surface area contributed by atoms with E-state index in [-0.39, 0.29) is 17.4 Å². The molecule has 5 nitrogen and oxygen atoms in total. The van der Waals surface area contributed by atoms with Crippen molar-refractivity contribution in [2.75, 3.05) is 10.6 Å². The Kier molecular flexibility index (Phi) is 5.60. The lowest BCUT2D eigenvalue weighted by Crippen LogP contribution is -2.20. The van der Waals surface area contributed by atoms with Gasteiger partial charge < -0.3 is 15.1 Å². The summed E-state index contributed by atoms with van der Waals surface area (Å²) >= 11 is 0. The van der Waals surface area contributed by atoms with Crippen molar-refractivity contribution in [1.82, 2.24) is 0 Å². The van der Waals surface area contributed by atoms with E-state index in [0.29, 0.717) is 29.0 Å². The maximum absolute atomic E-state index is 13.9.